The number of oxime groups is 1. The van der Waals surface area contributed by atoms with Crippen LogP contribution in [0.3, 0.4) is 0 Å². The molecule has 0 bridgehead atoms. The number of anilines is 1. The van der Waals surface area contributed by atoms with Crippen molar-refractivity contribution in [3.8, 4) is 0 Å². The molecule has 0 radical (unpaired) electrons. The first kappa shape index (κ1) is 23.1. The van der Waals surface area contributed by atoms with E-state index in [2.05, 4.69) is 20.3 Å². The van der Waals surface area contributed by atoms with Crippen molar-refractivity contribution in [2.24, 2.45) is 5.16 Å². The number of thiazole rings is 1. The number of carbonyl (C=O) groups excluding carboxylic acids is 2. The van der Waals surface area contributed by atoms with E-state index in [1.807, 2.05) is 0 Å². The largest absolute Gasteiger partial charge is 1.00 e. The number of nitrogens with two attached hydrogens (primary N) is 1. The van der Waals surface area contributed by atoms with Crippen molar-refractivity contribution in [3.63, 3.8) is 0 Å². The van der Waals surface area contributed by atoms with Crippen LogP contribution >= 0.6 is 23.1 Å². The maximum Gasteiger partial charge on any atom is 1.00 e. The summed E-state index contributed by atoms with van der Waals surface area (Å²) in [7, 11) is -3.73. The molecule has 0 saturated carbocycles. The van der Waals surface area contributed by atoms with Crippen LogP contribution in [0, 0.1) is 0 Å². The number of nitrogens with one attached hydrogen (secondary N) is 1. The van der Waals surface area contributed by atoms with E-state index in [9.17, 15) is 22.6 Å². The average molecular weight is 431 g/mol. The van der Waals surface area contributed by atoms with Crippen LogP contribution in [0.1, 0.15) is 5.69 Å². The first-order valence-electron chi connectivity index (χ1n) is 6.62. The second kappa shape index (κ2) is 9.34. The summed E-state index contributed by atoms with van der Waals surface area (Å²) in [5, 5.41) is 7.61. The molecule has 0 aromatic carbocycles. The van der Waals surface area contributed by atoms with Gasteiger partial charge < -0.3 is 20.4 Å². The van der Waals surface area contributed by atoms with Crippen LogP contribution in [0.25, 0.3) is 0 Å². The fourth-order valence-electron chi connectivity index (χ4n) is 2.19. The zero-order chi connectivity index (χ0) is 18.8. The molecule has 1 aliphatic heterocycles. The molecule has 2 amide bonds. The van der Waals surface area contributed by atoms with E-state index in [1.54, 1.807) is 6.26 Å². The van der Waals surface area contributed by atoms with Crippen molar-refractivity contribution in [3.05, 3.63) is 11.1 Å². The zero-order valence-corrected chi connectivity index (χ0v) is 18.5. The monoisotopic (exact) mass is 431 g/mol. The topological polar surface area (TPSA) is 167 Å². The molecule has 0 spiro atoms. The summed E-state index contributed by atoms with van der Waals surface area (Å²) >= 11 is 2.30. The van der Waals surface area contributed by atoms with E-state index >= 15 is 0 Å². The third-order valence-corrected chi connectivity index (χ3v) is 5.48. The molecule has 1 fully saturated rings. The van der Waals surface area contributed by atoms with Gasteiger partial charge in [0, 0.05) is 11.1 Å². The molecule has 26 heavy (non-hydrogen) atoms. The predicted molar refractivity (Wildman–Crippen MR) is 90.7 cm³/mol. The van der Waals surface area contributed by atoms with E-state index in [0.717, 1.165) is 11.3 Å². The van der Waals surface area contributed by atoms with Crippen molar-refractivity contribution in [1.29, 1.82) is 0 Å². The Bertz CT molecular complexity index is 813. The van der Waals surface area contributed by atoms with Gasteiger partial charge in [-0.05, 0) is 6.26 Å². The van der Waals surface area contributed by atoms with Crippen molar-refractivity contribution in [2.45, 2.75) is 12.1 Å². The summed E-state index contributed by atoms with van der Waals surface area (Å²) in [6.45, 7) is 0. The van der Waals surface area contributed by atoms with Gasteiger partial charge in [0.2, 0.25) is 0 Å². The quantitative estimate of drug-likeness (QED) is 0.142. The molecule has 2 heterocycles. The number of nitrogens with zero attached hydrogens (tertiary/aromatic N) is 3. The minimum absolute atomic E-state index is 0. The van der Waals surface area contributed by atoms with E-state index in [1.165, 1.54) is 24.3 Å². The number of carbonyl (C=O) groups is 2. The number of β-lactam (4-membered cyclic amide) rings is 1. The van der Waals surface area contributed by atoms with Crippen molar-refractivity contribution >= 4 is 56.1 Å². The Morgan fingerprint density at radius 1 is 1.62 bits per heavy atom. The minimum atomic E-state index is -4.95. The van der Waals surface area contributed by atoms with Crippen LogP contribution in [0.2, 0.25) is 0 Å². The van der Waals surface area contributed by atoms with Crippen molar-refractivity contribution < 1.29 is 57.0 Å². The van der Waals surface area contributed by atoms with E-state index in [4.69, 9.17) is 5.73 Å². The number of rotatable bonds is 7. The molecule has 1 aromatic rings. The molecular weight excluding hydrogens is 417 g/mol. The second-order valence-corrected chi connectivity index (χ2v) is 7.81. The minimum Gasteiger partial charge on any atom is -0.731 e. The normalized spacial score (nSPS) is 20.2. The van der Waals surface area contributed by atoms with Gasteiger partial charge in [-0.15, -0.1) is 11.3 Å². The fourth-order valence-corrected chi connectivity index (χ4v) is 4.38. The average Bonchev–Trinajstić information content (AvgIpc) is 2.94. The van der Waals surface area contributed by atoms with Crippen LogP contribution in [-0.4, -0.2) is 71.0 Å². The molecule has 1 aliphatic rings. The van der Waals surface area contributed by atoms with Gasteiger partial charge in [0.15, 0.2) is 21.1 Å². The van der Waals surface area contributed by atoms with E-state index in [-0.39, 0.29) is 56.2 Å². The Morgan fingerprint density at radius 2 is 2.27 bits per heavy atom. The molecule has 11 nitrogen and oxygen atoms in total. The van der Waals surface area contributed by atoms with E-state index in [0.29, 0.717) is 0 Å². The van der Waals surface area contributed by atoms with E-state index < -0.39 is 34.2 Å². The number of thioether (sulfide) groups is 1. The van der Waals surface area contributed by atoms with Crippen molar-refractivity contribution in [1.82, 2.24) is 14.6 Å². The standard InChI is InChI=1S/C11H15N5O6S3.Na/c1-22-15-7(5-3-24-11(12)13-5)9(17)14-8-6(4-23-2)16(10(8)18)25(19,20)21;/h3,6,8H,4H2,1-2H3,(H2,12,13)(H,14,17)(H,19,20,21);/q;+1/p-1/b15-7-;/t6-,8+;/m0./s1. The number of aromatic nitrogens is 1. The molecule has 0 unspecified atom stereocenters. The number of amides is 2. The predicted octanol–water partition coefficient (Wildman–Crippen LogP) is -4.40. The molecule has 0 aliphatic carbocycles. The Morgan fingerprint density at radius 3 is 2.73 bits per heavy atom. The molecule has 138 valence electrons. The van der Waals surface area contributed by atoms with Crippen LogP contribution in [0.4, 0.5) is 5.13 Å². The Balaban J connectivity index is 0.00000338. The summed E-state index contributed by atoms with van der Waals surface area (Å²) in [6, 6.07) is -2.14. The first-order valence-corrected chi connectivity index (χ1v) is 10.3. The summed E-state index contributed by atoms with van der Waals surface area (Å²) < 4.78 is 33.7. The Kier molecular flexibility index (Phi) is 8.32. The van der Waals surface area contributed by atoms with Crippen LogP contribution in [-0.2, 0) is 24.7 Å². The Labute approximate surface area is 179 Å². The van der Waals surface area contributed by atoms with Gasteiger partial charge in [0.25, 0.3) is 11.8 Å². The van der Waals surface area contributed by atoms with Gasteiger partial charge in [-0.1, -0.05) is 5.16 Å². The van der Waals surface area contributed by atoms with Crippen LogP contribution < -0.4 is 40.6 Å². The molecule has 3 N–H and O–H groups in total. The van der Waals surface area contributed by atoms with Gasteiger partial charge in [-0.2, -0.15) is 11.8 Å². The summed E-state index contributed by atoms with van der Waals surface area (Å²) in [5.74, 6) is -1.66. The smallest absolute Gasteiger partial charge is 0.731 e. The first-order chi connectivity index (χ1) is 11.7. The molecule has 1 saturated heterocycles. The number of hydrogen-bond acceptors (Lipinski definition) is 11. The van der Waals surface area contributed by atoms with Crippen LogP contribution in [0.5, 0.6) is 0 Å². The van der Waals surface area contributed by atoms with Crippen LogP contribution in [0.15, 0.2) is 10.5 Å². The third kappa shape index (κ3) is 4.88. The van der Waals surface area contributed by atoms with Gasteiger partial charge in [-0.3, -0.25) is 9.59 Å². The maximum atomic E-state index is 12.4. The van der Waals surface area contributed by atoms with Gasteiger partial charge in [0.05, 0.1) is 6.04 Å². The number of hydrogen-bond donors (Lipinski definition) is 2. The summed E-state index contributed by atoms with van der Waals surface area (Å²) in [6.07, 6.45) is 1.67. The molecule has 2 rings (SSSR count). The molecule has 2 atom stereocenters. The van der Waals surface area contributed by atoms with Gasteiger partial charge in [-0.25, -0.2) is 17.7 Å². The fraction of sp³-hybridized carbons (Fsp3) is 0.455. The second-order valence-electron chi connectivity index (χ2n) is 4.76. The molecule has 15 heteroatoms. The Hall–Kier alpha value is -0.900. The van der Waals surface area contributed by atoms with Gasteiger partial charge in [0.1, 0.15) is 18.8 Å². The van der Waals surface area contributed by atoms with Crippen molar-refractivity contribution in [2.75, 3.05) is 24.9 Å². The molecular formula is C11H14N5NaO6S3. The molecule has 1 aromatic heterocycles. The maximum absolute atomic E-state index is 12.4. The third-order valence-electron chi connectivity index (χ3n) is 3.20. The number of nitrogen functional groups attached to an aromatic ring is 1. The SMILES string of the molecule is CO/N=C(\C(=O)N[C@H]1C(=O)N(S(=O)(=O)[O-])[C@H]1CSC)c1csc(N)n1.[Na+]. The van der Waals surface area contributed by atoms with Gasteiger partial charge >= 0.3 is 29.6 Å². The summed E-state index contributed by atoms with van der Waals surface area (Å²) in [4.78, 5) is 32.9. The zero-order valence-electron chi connectivity index (χ0n) is 14.0. The summed E-state index contributed by atoms with van der Waals surface area (Å²) in [5.41, 5.74) is 5.43.